The quantitative estimate of drug-likeness (QED) is 0.0932. The number of nitrogens with zero attached hydrogens (tertiary/aromatic N) is 3. The van der Waals surface area contributed by atoms with Gasteiger partial charge in [-0.05, 0) is 81.6 Å². The number of rotatable bonds is 17. The van der Waals surface area contributed by atoms with Gasteiger partial charge in [0, 0.05) is 24.8 Å². The normalized spacial score (nSPS) is 13.8. The Morgan fingerprint density at radius 3 is 2.40 bits per heavy atom. The van der Waals surface area contributed by atoms with Gasteiger partial charge in [0.05, 0.1) is 35.8 Å². The SMILES string of the molecule is C#CCN(Cc1cc2cc(OCCCN3CCCCC3)ccc2n1S(=O)(=O)c1ccccc1)C(=O)CCCCCCC(=O)NO. The lowest BCUT2D eigenvalue weighted by molar-refractivity contribution is -0.131. The molecule has 2 N–H and O–H groups in total. The van der Waals surface area contributed by atoms with Gasteiger partial charge in [-0.3, -0.25) is 14.8 Å². The third-order valence-electron chi connectivity index (χ3n) is 8.08. The Morgan fingerprint density at radius 2 is 1.69 bits per heavy atom. The van der Waals surface area contributed by atoms with E-state index >= 15 is 0 Å². The van der Waals surface area contributed by atoms with Crippen LogP contribution in [0.2, 0.25) is 0 Å². The minimum Gasteiger partial charge on any atom is -0.494 e. The van der Waals surface area contributed by atoms with E-state index in [1.54, 1.807) is 54.0 Å². The second-order valence-corrected chi connectivity index (χ2v) is 13.2. The number of hydroxylamine groups is 1. The van der Waals surface area contributed by atoms with Crippen LogP contribution >= 0.6 is 0 Å². The second-order valence-electron chi connectivity index (χ2n) is 11.4. The van der Waals surface area contributed by atoms with Crippen molar-refractivity contribution < 1.29 is 28.0 Å². The molecule has 11 heteroatoms. The molecule has 0 spiro atoms. The van der Waals surface area contributed by atoms with Crippen LogP contribution in [0, 0.1) is 12.3 Å². The molecule has 0 saturated carbocycles. The van der Waals surface area contributed by atoms with Crippen LogP contribution in [0.15, 0.2) is 59.5 Å². The lowest BCUT2D eigenvalue weighted by Gasteiger charge is -2.26. The molecule has 2 aromatic carbocycles. The number of piperidine rings is 1. The molecular weight excluding hydrogens is 592 g/mol. The number of carbonyl (C=O) groups is 2. The van der Waals surface area contributed by atoms with Crippen molar-refractivity contribution in [3.05, 3.63) is 60.3 Å². The fourth-order valence-corrected chi connectivity index (χ4v) is 7.29. The lowest BCUT2D eigenvalue weighted by atomic mass is 10.1. The standard InChI is InChI=1S/C34H44N4O6S/c1-2-20-37(34(40)17-10-4-3-9-16-33(39)35-41)27-29-25-28-26-30(44-24-13-23-36-21-11-6-12-22-36)18-19-32(28)38(29)45(42,43)31-14-7-5-8-15-31/h1,5,7-8,14-15,18-19,25-26,41H,3-4,6,9-13,16-17,20-24,27H2,(H,35,39). The van der Waals surface area contributed by atoms with Crippen LogP contribution in [0.4, 0.5) is 0 Å². The van der Waals surface area contributed by atoms with Crippen molar-refractivity contribution in [2.75, 3.05) is 32.8 Å². The predicted molar refractivity (Wildman–Crippen MR) is 173 cm³/mol. The van der Waals surface area contributed by atoms with Crippen molar-refractivity contribution in [3.63, 3.8) is 0 Å². The van der Waals surface area contributed by atoms with Crippen molar-refractivity contribution in [1.82, 2.24) is 19.3 Å². The van der Waals surface area contributed by atoms with Gasteiger partial charge in [0.25, 0.3) is 10.0 Å². The Morgan fingerprint density at radius 1 is 0.956 bits per heavy atom. The molecule has 1 aliphatic heterocycles. The number of hydrogen-bond acceptors (Lipinski definition) is 7. The van der Waals surface area contributed by atoms with Crippen LogP contribution in [0.3, 0.4) is 0 Å². The van der Waals surface area contributed by atoms with Gasteiger partial charge in [0.2, 0.25) is 11.8 Å². The number of unbranched alkanes of at least 4 members (excludes halogenated alkanes) is 3. The van der Waals surface area contributed by atoms with E-state index in [1.807, 2.05) is 6.07 Å². The van der Waals surface area contributed by atoms with E-state index in [-0.39, 0.29) is 36.7 Å². The van der Waals surface area contributed by atoms with Gasteiger partial charge in [-0.2, -0.15) is 0 Å². The predicted octanol–water partition coefficient (Wildman–Crippen LogP) is 4.94. The third kappa shape index (κ3) is 9.57. The number of hydrogen-bond donors (Lipinski definition) is 2. The molecule has 242 valence electrons. The minimum absolute atomic E-state index is 0.0203. The molecule has 1 aromatic heterocycles. The number of ether oxygens (including phenoxy) is 1. The molecule has 1 saturated heterocycles. The monoisotopic (exact) mass is 636 g/mol. The Kier molecular flexibility index (Phi) is 12.9. The van der Waals surface area contributed by atoms with E-state index in [2.05, 4.69) is 10.8 Å². The van der Waals surface area contributed by atoms with Gasteiger partial charge in [-0.25, -0.2) is 17.9 Å². The Labute approximate surface area is 266 Å². The Balaban J connectivity index is 1.51. The molecule has 0 unspecified atom stereocenters. The zero-order valence-electron chi connectivity index (χ0n) is 25.8. The fraction of sp³-hybridized carbons (Fsp3) is 0.471. The number of benzene rings is 2. The first-order valence-corrected chi connectivity index (χ1v) is 17.2. The number of terminal acetylenes is 1. The van der Waals surface area contributed by atoms with Crippen LogP contribution in [0.5, 0.6) is 5.75 Å². The van der Waals surface area contributed by atoms with Gasteiger partial charge in [0.15, 0.2) is 0 Å². The molecular formula is C34H44N4O6S. The molecule has 4 rings (SSSR count). The summed E-state index contributed by atoms with van der Waals surface area (Å²) in [5, 5.41) is 9.30. The summed E-state index contributed by atoms with van der Waals surface area (Å²) in [5.41, 5.74) is 2.54. The van der Waals surface area contributed by atoms with Crippen molar-refractivity contribution in [3.8, 4) is 18.1 Å². The first-order chi connectivity index (χ1) is 21.8. The average molecular weight is 637 g/mol. The highest BCUT2D eigenvalue weighted by Gasteiger charge is 2.25. The third-order valence-corrected chi connectivity index (χ3v) is 9.85. The summed E-state index contributed by atoms with van der Waals surface area (Å²) in [4.78, 5) is 28.5. The van der Waals surface area contributed by atoms with E-state index in [0.717, 1.165) is 38.9 Å². The van der Waals surface area contributed by atoms with Crippen molar-refractivity contribution in [2.24, 2.45) is 0 Å². The summed E-state index contributed by atoms with van der Waals surface area (Å²) in [6.45, 7) is 3.90. The maximum atomic E-state index is 14.0. The highest BCUT2D eigenvalue weighted by molar-refractivity contribution is 7.90. The summed E-state index contributed by atoms with van der Waals surface area (Å²) < 4.78 is 35.3. The van der Waals surface area contributed by atoms with E-state index in [1.165, 1.54) is 28.1 Å². The van der Waals surface area contributed by atoms with Crippen molar-refractivity contribution in [1.29, 1.82) is 0 Å². The van der Waals surface area contributed by atoms with Crippen LogP contribution in [0.25, 0.3) is 10.9 Å². The van der Waals surface area contributed by atoms with Crippen LogP contribution in [-0.2, 0) is 26.2 Å². The van der Waals surface area contributed by atoms with Crippen molar-refractivity contribution >= 4 is 32.7 Å². The lowest BCUT2D eigenvalue weighted by Crippen LogP contribution is -2.32. The molecule has 1 fully saturated rings. The molecule has 45 heavy (non-hydrogen) atoms. The molecule has 1 aliphatic rings. The molecule has 0 atom stereocenters. The average Bonchev–Trinajstić information content (AvgIpc) is 3.43. The Hall–Kier alpha value is -3.85. The molecule has 3 aromatic rings. The van der Waals surface area contributed by atoms with E-state index in [9.17, 15) is 18.0 Å². The highest BCUT2D eigenvalue weighted by atomic mass is 32.2. The maximum absolute atomic E-state index is 14.0. The number of fused-ring (bicyclic) bond motifs is 1. The Bertz CT molecular complexity index is 1560. The van der Waals surface area contributed by atoms with Crippen LogP contribution < -0.4 is 10.2 Å². The van der Waals surface area contributed by atoms with E-state index in [4.69, 9.17) is 16.4 Å². The van der Waals surface area contributed by atoms with Crippen LogP contribution in [0.1, 0.15) is 69.9 Å². The first-order valence-electron chi connectivity index (χ1n) is 15.8. The number of likely N-dealkylation sites (tertiary alicyclic amines) is 1. The summed E-state index contributed by atoms with van der Waals surface area (Å²) in [6.07, 6.45) is 13.5. The molecule has 0 aliphatic carbocycles. The van der Waals surface area contributed by atoms with Gasteiger partial charge in [-0.1, -0.05) is 43.4 Å². The number of aromatic nitrogens is 1. The number of nitrogens with one attached hydrogen (secondary N) is 1. The molecule has 2 amide bonds. The first kappa shape index (κ1) is 34.0. The number of carbonyl (C=O) groups excluding carboxylic acids is 2. The van der Waals surface area contributed by atoms with E-state index in [0.29, 0.717) is 41.8 Å². The second kappa shape index (κ2) is 17.0. The van der Waals surface area contributed by atoms with E-state index < -0.39 is 15.9 Å². The maximum Gasteiger partial charge on any atom is 0.268 e. The largest absolute Gasteiger partial charge is 0.494 e. The topological polar surface area (TPSA) is 121 Å². The summed E-state index contributed by atoms with van der Waals surface area (Å²) in [7, 11) is -3.99. The zero-order chi connectivity index (χ0) is 32.1. The van der Waals surface area contributed by atoms with Crippen LogP contribution in [-0.4, -0.2) is 72.0 Å². The highest BCUT2D eigenvalue weighted by Crippen LogP contribution is 2.30. The molecule has 10 nitrogen and oxygen atoms in total. The van der Waals surface area contributed by atoms with Gasteiger partial charge >= 0.3 is 0 Å². The zero-order valence-corrected chi connectivity index (χ0v) is 26.6. The molecule has 0 radical (unpaired) electrons. The minimum atomic E-state index is -3.99. The van der Waals surface area contributed by atoms with Gasteiger partial charge in [-0.15, -0.1) is 6.42 Å². The summed E-state index contributed by atoms with van der Waals surface area (Å²) in [5.74, 6) is 2.60. The van der Waals surface area contributed by atoms with Gasteiger partial charge in [0.1, 0.15) is 5.75 Å². The number of amides is 2. The van der Waals surface area contributed by atoms with Crippen molar-refractivity contribution in [2.45, 2.75) is 75.6 Å². The molecule has 0 bridgehead atoms. The summed E-state index contributed by atoms with van der Waals surface area (Å²) in [6, 6.07) is 15.4. The fourth-order valence-electron chi connectivity index (χ4n) is 5.74. The summed E-state index contributed by atoms with van der Waals surface area (Å²) >= 11 is 0. The smallest absolute Gasteiger partial charge is 0.268 e. The molecule has 2 heterocycles. The van der Waals surface area contributed by atoms with Gasteiger partial charge < -0.3 is 14.5 Å².